The smallest absolute Gasteiger partial charge is 0.306 e. The van der Waals surface area contributed by atoms with Crippen LogP contribution in [0.4, 0.5) is 0 Å². The highest BCUT2D eigenvalue weighted by atomic mass is 16.6. The monoisotopic (exact) mass is 927 g/mol. The summed E-state index contributed by atoms with van der Waals surface area (Å²) in [5.41, 5.74) is 0. The van der Waals surface area contributed by atoms with Crippen LogP contribution in [0.1, 0.15) is 226 Å². The first kappa shape index (κ1) is 62.8. The van der Waals surface area contributed by atoms with Crippen LogP contribution in [-0.2, 0) is 28.6 Å². The van der Waals surface area contributed by atoms with Gasteiger partial charge in [-0.25, -0.2) is 0 Å². The molecule has 0 unspecified atom stereocenters. The molecule has 6 heteroatoms. The summed E-state index contributed by atoms with van der Waals surface area (Å²) in [6, 6.07) is 0. The molecule has 0 aromatic carbocycles. The van der Waals surface area contributed by atoms with Gasteiger partial charge >= 0.3 is 17.9 Å². The fraction of sp³-hybridized carbons (Fsp3) is 0.623. The predicted molar refractivity (Wildman–Crippen MR) is 288 cm³/mol. The van der Waals surface area contributed by atoms with Crippen molar-refractivity contribution in [2.75, 3.05) is 13.2 Å². The Labute approximate surface area is 412 Å². The minimum atomic E-state index is -0.832. The number of hydrogen-bond donors (Lipinski definition) is 0. The van der Waals surface area contributed by atoms with Crippen molar-refractivity contribution in [2.45, 2.75) is 232 Å². The van der Waals surface area contributed by atoms with E-state index < -0.39 is 6.10 Å². The average molecular weight is 927 g/mol. The van der Waals surface area contributed by atoms with Crippen LogP contribution in [0.15, 0.2) is 122 Å². The van der Waals surface area contributed by atoms with Gasteiger partial charge in [-0.3, -0.25) is 14.4 Å². The number of allylic oxidation sites excluding steroid dienone is 20. The Morgan fingerprint density at radius 3 is 1.04 bits per heavy atom. The quantitative estimate of drug-likeness (QED) is 0.0262. The number of rotatable bonds is 47. The zero-order chi connectivity index (χ0) is 48.6. The van der Waals surface area contributed by atoms with E-state index in [0.717, 1.165) is 83.5 Å². The third kappa shape index (κ3) is 52.6. The molecule has 0 rings (SSSR count). The summed E-state index contributed by atoms with van der Waals surface area (Å²) in [5, 5.41) is 0. The molecular formula is C61H98O6. The summed E-state index contributed by atoms with van der Waals surface area (Å²) >= 11 is 0. The van der Waals surface area contributed by atoms with E-state index in [2.05, 4.69) is 130 Å². The van der Waals surface area contributed by atoms with Crippen LogP contribution < -0.4 is 0 Å². The molecule has 0 aromatic heterocycles. The highest BCUT2D eigenvalue weighted by molar-refractivity contribution is 5.71. The Hall–Kier alpha value is -4.19. The van der Waals surface area contributed by atoms with Gasteiger partial charge in [0.15, 0.2) is 6.10 Å². The lowest BCUT2D eigenvalue weighted by atomic mass is 10.0. The van der Waals surface area contributed by atoms with Crippen LogP contribution in [0, 0.1) is 0 Å². The molecule has 0 spiro atoms. The van der Waals surface area contributed by atoms with Gasteiger partial charge in [-0.1, -0.05) is 232 Å². The fourth-order valence-corrected chi connectivity index (χ4v) is 6.93. The van der Waals surface area contributed by atoms with E-state index in [0.29, 0.717) is 19.3 Å². The number of hydrogen-bond acceptors (Lipinski definition) is 6. The van der Waals surface area contributed by atoms with E-state index in [9.17, 15) is 14.4 Å². The SMILES string of the molecule is CCC=CCC=CCC=CCC=CCC=CCC=CCCC(=O)OC[C@@H](COC(=O)CCCC=CCC=CCC=CCC=CCCCCC)OC(=O)CCCCCCCCCCCCCCC. The molecule has 0 amide bonds. The molecule has 0 fully saturated rings. The highest BCUT2D eigenvalue weighted by Gasteiger charge is 2.19. The van der Waals surface area contributed by atoms with Gasteiger partial charge in [0.2, 0.25) is 0 Å². The Kier molecular flexibility index (Phi) is 51.0. The zero-order valence-corrected chi connectivity index (χ0v) is 43.1. The van der Waals surface area contributed by atoms with E-state index in [1.165, 1.54) is 89.9 Å². The normalized spacial score (nSPS) is 13.1. The predicted octanol–water partition coefficient (Wildman–Crippen LogP) is 18.1. The van der Waals surface area contributed by atoms with Crippen molar-refractivity contribution in [3.8, 4) is 0 Å². The number of esters is 3. The second-order valence-electron chi connectivity index (χ2n) is 17.4. The molecule has 378 valence electrons. The molecule has 1 atom stereocenters. The summed E-state index contributed by atoms with van der Waals surface area (Å²) < 4.78 is 16.7. The summed E-state index contributed by atoms with van der Waals surface area (Å²) in [6.07, 6.45) is 74.8. The van der Waals surface area contributed by atoms with Crippen LogP contribution in [0.3, 0.4) is 0 Å². The summed E-state index contributed by atoms with van der Waals surface area (Å²) in [6.45, 7) is 6.37. The van der Waals surface area contributed by atoms with Gasteiger partial charge in [-0.2, -0.15) is 0 Å². The molecular weight excluding hydrogens is 829 g/mol. The molecule has 0 aromatic rings. The average Bonchev–Trinajstić information content (AvgIpc) is 3.33. The van der Waals surface area contributed by atoms with Crippen molar-refractivity contribution in [2.24, 2.45) is 0 Å². The second-order valence-corrected chi connectivity index (χ2v) is 17.4. The van der Waals surface area contributed by atoms with Crippen LogP contribution in [0.25, 0.3) is 0 Å². The maximum atomic E-state index is 12.8. The largest absolute Gasteiger partial charge is 0.462 e. The second kappa shape index (κ2) is 54.4. The molecule has 0 aliphatic carbocycles. The van der Waals surface area contributed by atoms with Crippen LogP contribution in [0.5, 0.6) is 0 Å². The maximum Gasteiger partial charge on any atom is 0.306 e. The van der Waals surface area contributed by atoms with Gasteiger partial charge < -0.3 is 14.2 Å². The Morgan fingerprint density at radius 1 is 0.313 bits per heavy atom. The van der Waals surface area contributed by atoms with Gasteiger partial charge in [0.25, 0.3) is 0 Å². The van der Waals surface area contributed by atoms with E-state index in [4.69, 9.17) is 14.2 Å². The number of unbranched alkanes of at least 4 members (excludes halogenated alkanes) is 16. The molecule has 67 heavy (non-hydrogen) atoms. The zero-order valence-electron chi connectivity index (χ0n) is 43.1. The summed E-state index contributed by atoms with van der Waals surface area (Å²) in [7, 11) is 0. The third-order valence-electron chi connectivity index (χ3n) is 11.0. The molecule has 0 aliphatic rings. The lowest BCUT2D eigenvalue weighted by Crippen LogP contribution is -2.30. The van der Waals surface area contributed by atoms with Crippen molar-refractivity contribution in [3.63, 3.8) is 0 Å². The van der Waals surface area contributed by atoms with Crippen molar-refractivity contribution in [1.82, 2.24) is 0 Å². The number of ether oxygens (including phenoxy) is 3. The van der Waals surface area contributed by atoms with E-state index in [1.54, 1.807) is 0 Å². The molecule has 0 radical (unpaired) electrons. The van der Waals surface area contributed by atoms with Crippen LogP contribution >= 0.6 is 0 Å². The third-order valence-corrected chi connectivity index (χ3v) is 11.0. The molecule has 0 saturated heterocycles. The van der Waals surface area contributed by atoms with Crippen molar-refractivity contribution >= 4 is 17.9 Å². The fourth-order valence-electron chi connectivity index (χ4n) is 6.93. The summed E-state index contributed by atoms with van der Waals surface area (Å²) in [4.78, 5) is 38.0. The summed E-state index contributed by atoms with van der Waals surface area (Å²) in [5.74, 6) is -1.07. The molecule has 0 bridgehead atoms. The maximum absolute atomic E-state index is 12.8. The highest BCUT2D eigenvalue weighted by Crippen LogP contribution is 2.14. The van der Waals surface area contributed by atoms with Crippen LogP contribution in [0.2, 0.25) is 0 Å². The lowest BCUT2D eigenvalue weighted by Gasteiger charge is -2.18. The standard InChI is InChI=1S/C61H98O6/c1-4-7-10-13-16-19-22-25-27-29-30-32-34-37-39-42-45-48-51-54-60(63)66-57-58(67-61(64)55-52-49-46-43-40-35-24-21-18-15-12-9-6-3)56-65-59(62)53-50-47-44-41-38-36-33-31-28-26-23-20-17-14-11-8-5-2/h7,10,16-17,19-20,25-28,30,32-33,36-37,39,41,44-45,48,58H,4-6,8-9,11-15,18,21-24,29,31,34-35,38,40,42-43,46-47,49-57H2,1-3H3/t58-/m1/s1. The topological polar surface area (TPSA) is 78.9 Å². The van der Waals surface area contributed by atoms with Crippen LogP contribution in [-0.4, -0.2) is 37.2 Å². The number of carbonyl (C=O) groups excluding carboxylic acids is 3. The van der Waals surface area contributed by atoms with Gasteiger partial charge in [0, 0.05) is 19.3 Å². The van der Waals surface area contributed by atoms with Crippen molar-refractivity contribution in [3.05, 3.63) is 122 Å². The molecule has 0 heterocycles. The van der Waals surface area contributed by atoms with Gasteiger partial charge in [-0.05, 0) is 96.3 Å². The molecule has 6 nitrogen and oxygen atoms in total. The van der Waals surface area contributed by atoms with Gasteiger partial charge in [0.1, 0.15) is 13.2 Å². The minimum absolute atomic E-state index is 0.131. The molecule has 0 saturated carbocycles. The van der Waals surface area contributed by atoms with E-state index in [-0.39, 0.29) is 44.0 Å². The van der Waals surface area contributed by atoms with E-state index in [1.807, 2.05) is 12.2 Å². The Morgan fingerprint density at radius 2 is 0.627 bits per heavy atom. The number of carbonyl (C=O) groups is 3. The van der Waals surface area contributed by atoms with Crippen molar-refractivity contribution in [1.29, 1.82) is 0 Å². The molecule has 0 N–H and O–H groups in total. The minimum Gasteiger partial charge on any atom is -0.462 e. The first-order chi connectivity index (χ1) is 33.0. The van der Waals surface area contributed by atoms with Gasteiger partial charge in [0.05, 0.1) is 0 Å². The lowest BCUT2D eigenvalue weighted by molar-refractivity contribution is -0.166. The molecule has 0 aliphatic heterocycles. The Balaban J connectivity index is 4.58. The van der Waals surface area contributed by atoms with Gasteiger partial charge in [-0.15, -0.1) is 0 Å². The first-order valence-corrected chi connectivity index (χ1v) is 27.0. The van der Waals surface area contributed by atoms with Crippen molar-refractivity contribution < 1.29 is 28.6 Å². The first-order valence-electron chi connectivity index (χ1n) is 27.0. The van der Waals surface area contributed by atoms with E-state index >= 15 is 0 Å². The Bertz CT molecular complexity index is 1440.